The number of nitrogens with zero attached hydrogens (tertiary/aromatic N) is 2. The van der Waals surface area contributed by atoms with Crippen molar-refractivity contribution in [1.82, 2.24) is 15.1 Å². The Morgan fingerprint density at radius 2 is 2.00 bits per heavy atom. The van der Waals surface area contributed by atoms with E-state index in [0.29, 0.717) is 18.5 Å². The zero-order valence-electron chi connectivity index (χ0n) is 16.1. The topological polar surface area (TPSA) is 35.6 Å². The number of rotatable bonds is 2. The van der Waals surface area contributed by atoms with E-state index in [1.54, 1.807) is 5.57 Å². The van der Waals surface area contributed by atoms with E-state index in [2.05, 4.69) is 33.3 Å². The molecule has 0 radical (unpaired) electrons. The molecule has 2 bridgehead atoms. The number of fused-ring (bicyclic) bond motifs is 6. The van der Waals surface area contributed by atoms with E-state index in [1.807, 2.05) is 18.2 Å². The molecule has 3 saturated heterocycles. The normalized spacial score (nSPS) is 32.9. The molecule has 4 atom stereocenters. The quantitative estimate of drug-likeness (QED) is 0.810. The summed E-state index contributed by atoms with van der Waals surface area (Å²) in [5, 5.41) is 3.18. The summed E-state index contributed by atoms with van der Waals surface area (Å²) in [7, 11) is 0. The summed E-state index contributed by atoms with van der Waals surface area (Å²) in [5.74, 6) is 1.34. The van der Waals surface area contributed by atoms with Gasteiger partial charge in [-0.1, -0.05) is 48.4 Å². The molecule has 144 valence electrons. The van der Waals surface area contributed by atoms with Gasteiger partial charge in [0.2, 0.25) is 0 Å². The summed E-state index contributed by atoms with van der Waals surface area (Å²) in [6.45, 7) is 3.95. The number of urea groups is 1. The van der Waals surface area contributed by atoms with Crippen molar-refractivity contribution in [2.24, 2.45) is 11.8 Å². The van der Waals surface area contributed by atoms with Gasteiger partial charge in [0.1, 0.15) is 0 Å². The van der Waals surface area contributed by atoms with E-state index in [4.69, 9.17) is 0 Å². The van der Waals surface area contributed by atoms with Crippen molar-refractivity contribution in [2.75, 3.05) is 19.6 Å². The van der Waals surface area contributed by atoms with Gasteiger partial charge in [0, 0.05) is 25.7 Å². The molecule has 4 unspecified atom stereocenters. The molecule has 3 fully saturated rings. The zero-order valence-corrected chi connectivity index (χ0v) is 16.1. The molecular weight excluding hydrogens is 334 g/mol. The van der Waals surface area contributed by atoms with Crippen LogP contribution < -0.4 is 5.32 Å². The van der Waals surface area contributed by atoms with E-state index in [1.165, 1.54) is 45.2 Å². The van der Waals surface area contributed by atoms with Crippen molar-refractivity contribution >= 4 is 6.03 Å². The van der Waals surface area contributed by atoms with Crippen LogP contribution in [0.15, 0.2) is 42.0 Å². The molecule has 5 rings (SSSR count). The third-order valence-electron chi connectivity index (χ3n) is 7.20. The first-order valence-corrected chi connectivity index (χ1v) is 10.8. The molecule has 2 amide bonds. The first-order chi connectivity index (χ1) is 13.3. The highest BCUT2D eigenvalue weighted by Crippen LogP contribution is 2.44. The molecule has 1 aromatic rings. The largest absolute Gasteiger partial charge is 0.334 e. The Morgan fingerprint density at radius 1 is 1.11 bits per heavy atom. The van der Waals surface area contributed by atoms with Gasteiger partial charge in [-0.05, 0) is 56.0 Å². The maximum atomic E-state index is 13.0. The number of likely N-dealkylation sites (tertiary alicyclic amines) is 1. The van der Waals surface area contributed by atoms with Crippen molar-refractivity contribution in [3.8, 4) is 0 Å². The van der Waals surface area contributed by atoms with Crippen LogP contribution in [-0.2, 0) is 6.54 Å². The van der Waals surface area contributed by atoms with E-state index in [0.717, 1.165) is 30.5 Å². The lowest BCUT2D eigenvalue weighted by Gasteiger charge is -2.54. The van der Waals surface area contributed by atoms with Crippen molar-refractivity contribution in [3.63, 3.8) is 0 Å². The number of nitrogens with one attached hydrogen (secondary N) is 1. The molecule has 4 aliphatic rings. The van der Waals surface area contributed by atoms with E-state index < -0.39 is 0 Å². The van der Waals surface area contributed by atoms with Gasteiger partial charge in [0.05, 0.1) is 6.04 Å². The Kier molecular flexibility index (Phi) is 4.68. The van der Waals surface area contributed by atoms with Gasteiger partial charge >= 0.3 is 6.03 Å². The predicted molar refractivity (Wildman–Crippen MR) is 107 cm³/mol. The second-order valence-corrected chi connectivity index (χ2v) is 8.85. The lowest BCUT2D eigenvalue weighted by molar-refractivity contribution is 0.00788. The number of amides is 2. The van der Waals surface area contributed by atoms with Crippen molar-refractivity contribution < 1.29 is 4.79 Å². The van der Waals surface area contributed by atoms with Crippen LogP contribution in [0.5, 0.6) is 0 Å². The van der Waals surface area contributed by atoms with Crippen LogP contribution in [0.25, 0.3) is 0 Å². The molecule has 3 aliphatic heterocycles. The lowest BCUT2D eigenvalue weighted by atomic mass is 9.68. The van der Waals surface area contributed by atoms with Crippen LogP contribution in [0.3, 0.4) is 0 Å². The minimum Gasteiger partial charge on any atom is -0.334 e. The van der Waals surface area contributed by atoms with Crippen LogP contribution in [0.1, 0.15) is 44.1 Å². The Hall–Kier alpha value is -1.81. The van der Waals surface area contributed by atoms with E-state index in [-0.39, 0.29) is 6.03 Å². The predicted octanol–water partition coefficient (Wildman–Crippen LogP) is 3.79. The maximum absolute atomic E-state index is 13.0. The number of carbonyl (C=O) groups excluding carboxylic acids is 1. The lowest BCUT2D eigenvalue weighted by Crippen LogP contribution is -2.61. The average Bonchev–Trinajstić information content (AvgIpc) is 2.72. The zero-order chi connectivity index (χ0) is 18.2. The van der Waals surface area contributed by atoms with Crippen LogP contribution in [0.4, 0.5) is 4.79 Å². The van der Waals surface area contributed by atoms with Gasteiger partial charge in [0.15, 0.2) is 0 Å². The fourth-order valence-corrected chi connectivity index (χ4v) is 6.08. The Bertz CT molecular complexity index is 716. The summed E-state index contributed by atoms with van der Waals surface area (Å²) < 4.78 is 0. The van der Waals surface area contributed by atoms with Gasteiger partial charge in [-0.3, -0.25) is 4.90 Å². The van der Waals surface area contributed by atoms with Crippen LogP contribution in [0, 0.1) is 11.8 Å². The number of benzene rings is 1. The molecule has 1 aliphatic carbocycles. The van der Waals surface area contributed by atoms with Gasteiger partial charge in [0.25, 0.3) is 0 Å². The molecule has 1 N–H and O–H groups in total. The molecule has 1 aromatic carbocycles. The SMILES string of the molecule is O=C(NCc1ccccc1)N1CCCC2=CC3CC(CN4CCCCC34)C21. The first-order valence-electron chi connectivity index (χ1n) is 10.8. The Morgan fingerprint density at radius 3 is 2.89 bits per heavy atom. The highest BCUT2D eigenvalue weighted by atomic mass is 16.2. The summed E-state index contributed by atoms with van der Waals surface area (Å²) in [6.07, 6.45) is 10.3. The number of carbonyl (C=O) groups is 1. The van der Waals surface area contributed by atoms with Crippen LogP contribution >= 0.6 is 0 Å². The smallest absolute Gasteiger partial charge is 0.318 e. The third kappa shape index (κ3) is 3.29. The number of hydrogen-bond acceptors (Lipinski definition) is 2. The van der Waals surface area contributed by atoms with Crippen LogP contribution in [0.2, 0.25) is 0 Å². The fourth-order valence-electron chi connectivity index (χ4n) is 6.08. The minimum atomic E-state index is 0.119. The molecule has 27 heavy (non-hydrogen) atoms. The highest BCUT2D eigenvalue weighted by molar-refractivity contribution is 5.75. The second-order valence-electron chi connectivity index (χ2n) is 8.85. The molecule has 4 nitrogen and oxygen atoms in total. The summed E-state index contributed by atoms with van der Waals surface area (Å²) in [6, 6.07) is 11.4. The summed E-state index contributed by atoms with van der Waals surface area (Å²) >= 11 is 0. The van der Waals surface area contributed by atoms with Gasteiger partial charge in [-0.25, -0.2) is 4.79 Å². The highest BCUT2D eigenvalue weighted by Gasteiger charge is 2.46. The summed E-state index contributed by atoms with van der Waals surface area (Å²) in [5.41, 5.74) is 2.72. The molecular formula is C23H31N3O. The van der Waals surface area contributed by atoms with Gasteiger partial charge in [-0.15, -0.1) is 0 Å². The first kappa shape index (κ1) is 17.3. The van der Waals surface area contributed by atoms with Crippen molar-refractivity contribution in [3.05, 3.63) is 47.5 Å². The third-order valence-corrected chi connectivity index (χ3v) is 7.20. The van der Waals surface area contributed by atoms with E-state index >= 15 is 0 Å². The minimum absolute atomic E-state index is 0.119. The van der Waals surface area contributed by atoms with Crippen LogP contribution in [-0.4, -0.2) is 47.5 Å². The van der Waals surface area contributed by atoms with Crippen molar-refractivity contribution in [2.45, 2.75) is 57.2 Å². The molecule has 0 saturated carbocycles. The molecule has 4 heteroatoms. The monoisotopic (exact) mass is 365 g/mol. The fraction of sp³-hybridized carbons (Fsp3) is 0.609. The molecule has 3 heterocycles. The Labute approximate surface area is 162 Å². The Balaban J connectivity index is 1.33. The van der Waals surface area contributed by atoms with Gasteiger partial charge < -0.3 is 10.2 Å². The summed E-state index contributed by atoms with van der Waals surface area (Å²) in [4.78, 5) is 17.9. The van der Waals surface area contributed by atoms with E-state index in [9.17, 15) is 4.79 Å². The second kappa shape index (κ2) is 7.31. The van der Waals surface area contributed by atoms with Crippen molar-refractivity contribution in [1.29, 1.82) is 0 Å². The molecule has 0 aromatic heterocycles. The average molecular weight is 366 g/mol. The van der Waals surface area contributed by atoms with Gasteiger partial charge in [-0.2, -0.15) is 0 Å². The standard InChI is InChI=1S/C23H31N3O/c27-23(24-15-17-7-2-1-3-8-17)26-12-6-9-18-13-19-14-20(22(18)26)16-25-11-5-4-10-21(19)25/h1-3,7-8,13,19-22H,4-6,9-12,14-16H2,(H,24,27). The maximum Gasteiger partial charge on any atom is 0.318 e. The molecule has 0 spiro atoms. The number of hydrogen-bond donors (Lipinski definition) is 1. The number of piperidine rings is 3.